The molecule has 0 bridgehead atoms. The van der Waals surface area contributed by atoms with Gasteiger partial charge in [-0.25, -0.2) is 13.8 Å². The molecule has 0 saturated heterocycles. The first kappa shape index (κ1) is 11.0. The van der Waals surface area contributed by atoms with E-state index in [2.05, 4.69) is 10.3 Å². The summed E-state index contributed by atoms with van der Waals surface area (Å²) >= 11 is 0. The Kier molecular flexibility index (Phi) is 2.97. The smallest absolute Gasteiger partial charge is 0.149 e. The van der Waals surface area contributed by atoms with Crippen molar-refractivity contribution in [3.05, 3.63) is 53.7 Å². The predicted molar refractivity (Wildman–Crippen MR) is 58.6 cm³/mol. The minimum Gasteiger partial charge on any atom is -0.338 e. The lowest BCUT2D eigenvalue weighted by molar-refractivity contribution is 0.586. The number of nitrogens with one attached hydrogen (secondary N) is 1. The fourth-order valence-corrected chi connectivity index (χ4v) is 1.30. The van der Waals surface area contributed by atoms with E-state index in [1.165, 1.54) is 12.1 Å². The summed E-state index contributed by atoms with van der Waals surface area (Å²) in [6.45, 7) is 0. The molecule has 0 atom stereocenters. The molecule has 5 heteroatoms. The van der Waals surface area contributed by atoms with Crippen LogP contribution in [0.1, 0.15) is 5.69 Å². The highest BCUT2D eigenvalue weighted by Crippen LogP contribution is 2.19. The highest BCUT2D eigenvalue weighted by atomic mass is 19.1. The van der Waals surface area contributed by atoms with Crippen LogP contribution >= 0.6 is 0 Å². The number of benzene rings is 1. The molecule has 1 N–H and O–H groups in total. The van der Waals surface area contributed by atoms with Gasteiger partial charge in [0.25, 0.3) is 0 Å². The maximum Gasteiger partial charge on any atom is 0.149 e. The Labute approximate surface area is 96.3 Å². The first-order valence-electron chi connectivity index (χ1n) is 4.78. The Hall–Kier alpha value is -2.48. The largest absolute Gasteiger partial charge is 0.338 e. The number of hydrogen-bond acceptors (Lipinski definition) is 3. The van der Waals surface area contributed by atoms with Crippen molar-refractivity contribution in [1.29, 1.82) is 5.26 Å². The SMILES string of the molecule is N#Cc1cccc(Nc2ccc(F)cc2F)n1. The topological polar surface area (TPSA) is 48.7 Å². The van der Waals surface area contributed by atoms with Gasteiger partial charge in [0.2, 0.25) is 0 Å². The van der Waals surface area contributed by atoms with E-state index in [1.54, 1.807) is 12.1 Å². The molecule has 0 fully saturated rings. The van der Waals surface area contributed by atoms with Crippen LogP contribution in [0.2, 0.25) is 0 Å². The van der Waals surface area contributed by atoms with Crippen LogP contribution in [0, 0.1) is 23.0 Å². The molecule has 0 unspecified atom stereocenters. The summed E-state index contributed by atoms with van der Waals surface area (Å²) in [6, 6.07) is 9.80. The monoisotopic (exact) mass is 231 g/mol. The number of nitriles is 1. The summed E-state index contributed by atoms with van der Waals surface area (Å²) < 4.78 is 26.0. The van der Waals surface area contributed by atoms with Crippen molar-refractivity contribution >= 4 is 11.5 Å². The number of halogens is 2. The number of rotatable bonds is 2. The molecule has 1 aromatic heterocycles. The Balaban J connectivity index is 2.28. The Bertz CT molecular complexity index is 591. The maximum absolute atomic E-state index is 13.3. The molecule has 2 rings (SSSR count). The number of pyridine rings is 1. The first-order chi connectivity index (χ1) is 8.19. The lowest BCUT2D eigenvalue weighted by Crippen LogP contribution is -1.97. The van der Waals surface area contributed by atoms with Crippen molar-refractivity contribution in [3.63, 3.8) is 0 Å². The van der Waals surface area contributed by atoms with Crippen molar-refractivity contribution in [3.8, 4) is 6.07 Å². The van der Waals surface area contributed by atoms with E-state index < -0.39 is 11.6 Å². The van der Waals surface area contributed by atoms with Gasteiger partial charge in [-0.3, -0.25) is 0 Å². The fourth-order valence-electron chi connectivity index (χ4n) is 1.30. The average Bonchev–Trinajstić information content (AvgIpc) is 2.33. The predicted octanol–water partition coefficient (Wildman–Crippen LogP) is 2.98. The third-order valence-corrected chi connectivity index (χ3v) is 2.06. The van der Waals surface area contributed by atoms with Crippen LogP contribution < -0.4 is 5.32 Å². The number of hydrogen-bond donors (Lipinski definition) is 1. The van der Waals surface area contributed by atoms with Crippen molar-refractivity contribution < 1.29 is 8.78 Å². The van der Waals surface area contributed by atoms with Gasteiger partial charge in [0.15, 0.2) is 0 Å². The highest BCUT2D eigenvalue weighted by molar-refractivity contribution is 5.57. The van der Waals surface area contributed by atoms with Gasteiger partial charge in [0.1, 0.15) is 29.2 Å². The van der Waals surface area contributed by atoms with Crippen LogP contribution in [0.25, 0.3) is 0 Å². The second-order valence-electron chi connectivity index (χ2n) is 3.27. The molecular weight excluding hydrogens is 224 g/mol. The van der Waals surface area contributed by atoms with Crippen LogP contribution in [0.15, 0.2) is 36.4 Å². The number of nitrogens with zero attached hydrogens (tertiary/aromatic N) is 2. The summed E-state index contributed by atoms with van der Waals surface area (Å²) in [6.07, 6.45) is 0. The summed E-state index contributed by atoms with van der Waals surface area (Å²) in [5.41, 5.74) is 0.325. The van der Waals surface area contributed by atoms with E-state index in [4.69, 9.17) is 5.26 Å². The van der Waals surface area contributed by atoms with Gasteiger partial charge < -0.3 is 5.32 Å². The zero-order valence-electron chi connectivity index (χ0n) is 8.61. The first-order valence-corrected chi connectivity index (χ1v) is 4.78. The van der Waals surface area contributed by atoms with Crippen molar-refractivity contribution in [2.75, 3.05) is 5.32 Å². The Morgan fingerprint density at radius 1 is 1.18 bits per heavy atom. The summed E-state index contributed by atoms with van der Waals surface area (Å²) in [7, 11) is 0. The van der Waals surface area contributed by atoms with E-state index in [-0.39, 0.29) is 11.4 Å². The highest BCUT2D eigenvalue weighted by Gasteiger charge is 2.04. The number of anilines is 2. The summed E-state index contributed by atoms with van der Waals surface area (Å²) in [5.74, 6) is -1.03. The minimum atomic E-state index is -0.714. The molecule has 0 aliphatic heterocycles. The summed E-state index contributed by atoms with van der Waals surface area (Å²) in [5, 5.41) is 11.3. The quantitative estimate of drug-likeness (QED) is 0.864. The van der Waals surface area contributed by atoms with Gasteiger partial charge in [-0.15, -0.1) is 0 Å². The minimum absolute atomic E-state index is 0.106. The third kappa shape index (κ3) is 2.55. The Morgan fingerprint density at radius 2 is 2.00 bits per heavy atom. The molecule has 0 spiro atoms. The third-order valence-electron chi connectivity index (χ3n) is 2.06. The molecule has 0 amide bonds. The molecule has 1 heterocycles. The Morgan fingerprint density at radius 3 is 2.71 bits per heavy atom. The van der Waals surface area contributed by atoms with Crippen LogP contribution in [0.4, 0.5) is 20.3 Å². The maximum atomic E-state index is 13.3. The van der Waals surface area contributed by atoms with E-state index in [0.29, 0.717) is 5.82 Å². The standard InChI is InChI=1S/C12H7F2N3/c13-8-4-5-11(10(14)6-8)17-12-3-1-2-9(7-15)16-12/h1-6H,(H,16,17). The lowest BCUT2D eigenvalue weighted by Gasteiger charge is -2.06. The van der Waals surface area contributed by atoms with Gasteiger partial charge in [-0.05, 0) is 24.3 Å². The molecule has 84 valence electrons. The van der Waals surface area contributed by atoms with Crippen LogP contribution in [0.3, 0.4) is 0 Å². The van der Waals surface area contributed by atoms with Gasteiger partial charge in [-0.2, -0.15) is 5.26 Å². The molecule has 3 nitrogen and oxygen atoms in total. The molecule has 2 aromatic rings. The van der Waals surface area contributed by atoms with Gasteiger partial charge >= 0.3 is 0 Å². The molecule has 0 aliphatic carbocycles. The summed E-state index contributed by atoms with van der Waals surface area (Å²) in [4.78, 5) is 3.92. The van der Waals surface area contributed by atoms with E-state index in [1.807, 2.05) is 6.07 Å². The van der Waals surface area contributed by atoms with E-state index >= 15 is 0 Å². The van der Waals surface area contributed by atoms with Gasteiger partial charge in [0, 0.05) is 6.07 Å². The number of aromatic nitrogens is 1. The molecular formula is C12H7F2N3. The zero-order valence-corrected chi connectivity index (χ0v) is 8.61. The van der Waals surface area contributed by atoms with Crippen LogP contribution in [-0.2, 0) is 0 Å². The normalized spacial score (nSPS) is 9.71. The van der Waals surface area contributed by atoms with Crippen molar-refractivity contribution in [2.24, 2.45) is 0 Å². The second kappa shape index (κ2) is 4.58. The van der Waals surface area contributed by atoms with Crippen molar-refractivity contribution in [2.45, 2.75) is 0 Å². The fraction of sp³-hybridized carbons (Fsp3) is 0. The molecule has 0 radical (unpaired) electrons. The molecule has 0 saturated carbocycles. The van der Waals surface area contributed by atoms with Gasteiger partial charge in [-0.1, -0.05) is 6.07 Å². The van der Waals surface area contributed by atoms with E-state index in [9.17, 15) is 8.78 Å². The second-order valence-corrected chi connectivity index (χ2v) is 3.27. The van der Waals surface area contributed by atoms with Crippen LogP contribution in [-0.4, -0.2) is 4.98 Å². The lowest BCUT2D eigenvalue weighted by atomic mass is 10.3. The molecule has 0 aliphatic rings. The van der Waals surface area contributed by atoms with E-state index in [0.717, 1.165) is 12.1 Å². The van der Waals surface area contributed by atoms with Crippen molar-refractivity contribution in [1.82, 2.24) is 4.98 Å². The van der Waals surface area contributed by atoms with Crippen LogP contribution in [0.5, 0.6) is 0 Å². The average molecular weight is 231 g/mol. The molecule has 17 heavy (non-hydrogen) atoms. The zero-order chi connectivity index (χ0) is 12.3. The van der Waals surface area contributed by atoms with Gasteiger partial charge in [0.05, 0.1) is 5.69 Å². The molecule has 1 aromatic carbocycles.